The van der Waals surface area contributed by atoms with Crippen molar-refractivity contribution in [3.05, 3.63) is 115 Å². The Bertz CT molecular complexity index is 2040. The van der Waals surface area contributed by atoms with Crippen LogP contribution in [0.25, 0.3) is 0 Å². The van der Waals surface area contributed by atoms with Gasteiger partial charge < -0.3 is 36.2 Å². The number of nitrogens with one attached hydrogen (secondary N) is 3. The number of carboxylic acids is 1. The molecule has 0 bridgehead atoms. The van der Waals surface area contributed by atoms with E-state index in [4.69, 9.17) is 56.6 Å². The van der Waals surface area contributed by atoms with Crippen molar-refractivity contribution in [2.45, 2.75) is 57.9 Å². The number of amides is 1. The van der Waals surface area contributed by atoms with Crippen molar-refractivity contribution >= 4 is 82.1 Å². The summed E-state index contributed by atoms with van der Waals surface area (Å²) >= 11 is 22.9. The highest BCUT2D eigenvalue weighted by Gasteiger charge is 2.34. The number of β-amino-alcohol motifs (C(OH)–C–C–N with tert-alkyl or cyclic N) is 2. The fourth-order valence-corrected chi connectivity index (χ4v) is 6.16. The number of halogens is 11. The highest BCUT2D eigenvalue weighted by Crippen LogP contribution is 2.36. The molecular formula is C37H39Cl5F6N6O5. The molecule has 11 nitrogen and oxygen atoms in total. The summed E-state index contributed by atoms with van der Waals surface area (Å²) in [6, 6.07) is 9.84. The van der Waals surface area contributed by atoms with Crippen molar-refractivity contribution in [1.82, 2.24) is 20.2 Å². The Morgan fingerprint density at radius 2 is 1.24 bits per heavy atom. The number of aliphatic hydroxyl groups excluding tert-OH is 2. The van der Waals surface area contributed by atoms with Crippen molar-refractivity contribution in [3.8, 4) is 0 Å². The van der Waals surface area contributed by atoms with Crippen LogP contribution in [-0.2, 0) is 25.4 Å². The first kappa shape index (κ1) is 51.3. The predicted octanol–water partition coefficient (Wildman–Crippen LogP) is 9.34. The lowest BCUT2D eigenvalue weighted by atomic mass is 10.1. The van der Waals surface area contributed by atoms with Crippen LogP contribution in [0.2, 0.25) is 20.1 Å². The van der Waals surface area contributed by atoms with Crippen molar-refractivity contribution in [1.29, 1.82) is 0 Å². The van der Waals surface area contributed by atoms with Gasteiger partial charge in [0.05, 0.1) is 54.8 Å². The molecule has 22 heteroatoms. The lowest BCUT2D eigenvalue weighted by Gasteiger charge is -2.18. The average Bonchev–Trinajstić information content (AvgIpc) is 3.81. The number of benzene rings is 2. The number of alkyl halides is 6. The summed E-state index contributed by atoms with van der Waals surface area (Å²) in [5.41, 5.74) is -1.08. The third-order valence-corrected chi connectivity index (χ3v) is 9.31. The number of carbonyl (C=O) groups is 2. The molecule has 0 spiro atoms. The standard InChI is InChI=1S/C18H16Cl2F3N3O2.C14H9Cl2F3N2O2.C4H9NO.CH4.ClH/c19-11-6-15(16(25-8-11)17(28)26-4-3-12(27)9-26)24-7-10-1-2-14(20)13(5-10)18(21,22)23;15-8-4-11(12(13(22)23)21-6-8)20-5-7-1-2-10(16)9(3-7)14(17,18)19;6-4-1-2-5-3-4;;/h1-2,5-6,8,12,24,27H,3-4,7,9H2;1-4,6,20H,5H2,(H,22,23);4-6H,1-3H2;1H4;1H. The van der Waals surface area contributed by atoms with Gasteiger partial charge in [0.15, 0.2) is 11.4 Å². The van der Waals surface area contributed by atoms with Crippen molar-refractivity contribution in [2.75, 3.05) is 36.8 Å². The number of aromatic carboxylic acids is 1. The van der Waals surface area contributed by atoms with Gasteiger partial charge in [-0.25, -0.2) is 14.8 Å². The van der Waals surface area contributed by atoms with Gasteiger partial charge in [-0.15, -0.1) is 12.4 Å². The van der Waals surface area contributed by atoms with Gasteiger partial charge in [0.25, 0.3) is 5.91 Å². The van der Waals surface area contributed by atoms with Gasteiger partial charge in [-0.1, -0.05) is 66.0 Å². The number of nitrogens with zero attached hydrogens (tertiary/aromatic N) is 3. The van der Waals surface area contributed by atoms with Crippen LogP contribution in [0.3, 0.4) is 0 Å². The minimum absolute atomic E-state index is 0. The van der Waals surface area contributed by atoms with E-state index in [0.717, 1.165) is 37.7 Å². The van der Waals surface area contributed by atoms with E-state index in [2.05, 4.69) is 25.9 Å². The molecule has 2 aliphatic heterocycles. The van der Waals surface area contributed by atoms with Gasteiger partial charge in [-0.05, 0) is 66.9 Å². The van der Waals surface area contributed by atoms with E-state index in [1.165, 1.54) is 47.6 Å². The zero-order valence-corrected chi connectivity index (χ0v) is 33.6. The van der Waals surface area contributed by atoms with E-state index < -0.39 is 40.6 Å². The number of hydrogen-bond acceptors (Lipinski definition) is 9. The number of anilines is 2. The smallest absolute Gasteiger partial charge is 0.417 e. The third kappa shape index (κ3) is 15.3. The summed E-state index contributed by atoms with van der Waals surface area (Å²) in [7, 11) is 0. The second-order valence-corrected chi connectivity index (χ2v) is 14.3. The Balaban J connectivity index is 0.000000350. The van der Waals surface area contributed by atoms with Crippen LogP contribution in [0.1, 0.15) is 63.5 Å². The van der Waals surface area contributed by atoms with E-state index in [9.17, 15) is 41.0 Å². The average molecular weight is 939 g/mol. The molecule has 2 aromatic heterocycles. The molecule has 2 unspecified atom stereocenters. The Labute approximate surface area is 361 Å². The summed E-state index contributed by atoms with van der Waals surface area (Å²) in [5, 5.41) is 35.6. The van der Waals surface area contributed by atoms with Crippen molar-refractivity contribution < 1.29 is 51.3 Å². The number of carboxylic acid groups (broad SMARTS) is 1. The second kappa shape index (κ2) is 22.7. The Morgan fingerprint density at radius 3 is 1.61 bits per heavy atom. The number of carbonyl (C=O) groups excluding carboxylic acids is 1. The lowest BCUT2D eigenvalue weighted by Crippen LogP contribution is -2.31. The molecule has 2 aromatic carbocycles. The maximum absolute atomic E-state index is 13.0. The molecule has 0 radical (unpaired) electrons. The molecule has 0 saturated carbocycles. The van der Waals surface area contributed by atoms with E-state index in [-0.39, 0.29) is 89.2 Å². The maximum Gasteiger partial charge on any atom is 0.417 e. The molecule has 4 heterocycles. The number of aliphatic hydroxyl groups is 2. The molecule has 2 atom stereocenters. The maximum atomic E-state index is 13.0. The predicted molar refractivity (Wildman–Crippen MR) is 217 cm³/mol. The van der Waals surface area contributed by atoms with Gasteiger partial charge in [0.1, 0.15) is 0 Å². The topological polar surface area (TPSA) is 160 Å². The molecule has 6 rings (SSSR count). The van der Waals surface area contributed by atoms with E-state index >= 15 is 0 Å². The molecular weight excluding hydrogens is 900 g/mol. The monoisotopic (exact) mass is 936 g/mol. The zero-order valence-electron chi connectivity index (χ0n) is 29.8. The Kier molecular flexibility index (Phi) is 19.7. The molecule has 59 heavy (non-hydrogen) atoms. The van der Waals surface area contributed by atoms with Crippen LogP contribution in [-0.4, -0.2) is 80.5 Å². The second-order valence-electron chi connectivity index (χ2n) is 12.6. The first-order valence-corrected chi connectivity index (χ1v) is 18.3. The largest absolute Gasteiger partial charge is 0.476 e. The van der Waals surface area contributed by atoms with E-state index in [1.807, 2.05) is 0 Å². The molecule has 1 amide bonds. The van der Waals surface area contributed by atoms with Crippen LogP contribution >= 0.6 is 58.8 Å². The van der Waals surface area contributed by atoms with E-state index in [1.54, 1.807) is 0 Å². The summed E-state index contributed by atoms with van der Waals surface area (Å²) in [4.78, 5) is 32.9. The third-order valence-electron chi connectivity index (χ3n) is 8.24. The molecule has 2 aliphatic rings. The molecule has 4 aromatic rings. The minimum Gasteiger partial charge on any atom is -0.476 e. The number of hydrogen-bond donors (Lipinski definition) is 6. The normalized spacial score (nSPS) is 16.0. The molecule has 2 fully saturated rings. The van der Waals surface area contributed by atoms with Gasteiger partial charge in [0, 0.05) is 45.1 Å². The van der Waals surface area contributed by atoms with Crippen LogP contribution in [0.15, 0.2) is 60.9 Å². The summed E-state index contributed by atoms with van der Waals surface area (Å²) in [6.07, 6.45) is -5.89. The Hall–Kier alpha value is -3.81. The summed E-state index contributed by atoms with van der Waals surface area (Å²) in [5.74, 6) is -1.67. The van der Waals surface area contributed by atoms with E-state index in [0.29, 0.717) is 24.2 Å². The highest BCUT2D eigenvalue weighted by molar-refractivity contribution is 6.32. The van der Waals surface area contributed by atoms with Crippen LogP contribution < -0.4 is 16.0 Å². The number of likely N-dealkylation sites (tertiary alicyclic amines) is 1. The van der Waals surface area contributed by atoms with Gasteiger partial charge in [-0.3, -0.25) is 4.79 Å². The first-order chi connectivity index (χ1) is 26.7. The fraction of sp³-hybridized carbons (Fsp3) is 0.351. The van der Waals surface area contributed by atoms with Crippen LogP contribution in [0, 0.1) is 0 Å². The van der Waals surface area contributed by atoms with Crippen LogP contribution in [0.5, 0.6) is 0 Å². The summed E-state index contributed by atoms with van der Waals surface area (Å²) < 4.78 is 77.5. The molecule has 2 saturated heterocycles. The number of pyridine rings is 2. The van der Waals surface area contributed by atoms with Crippen molar-refractivity contribution in [3.63, 3.8) is 0 Å². The van der Waals surface area contributed by atoms with Gasteiger partial charge in [-0.2, -0.15) is 26.3 Å². The van der Waals surface area contributed by atoms with Gasteiger partial charge in [0.2, 0.25) is 0 Å². The SMILES string of the molecule is C.Cl.O=C(O)c1ncc(Cl)cc1NCc1ccc(Cl)c(C(F)(F)F)c1.O=C(c1ncc(Cl)cc1NCc1ccc(Cl)c(C(F)(F)F)c1)N1CCC(O)C1.OC1CCNC1. The Morgan fingerprint density at radius 1 is 0.763 bits per heavy atom. The molecule has 6 N–H and O–H groups in total. The minimum atomic E-state index is -4.57. The van der Waals surface area contributed by atoms with Gasteiger partial charge >= 0.3 is 18.3 Å². The lowest BCUT2D eigenvalue weighted by molar-refractivity contribution is -0.138. The summed E-state index contributed by atoms with van der Waals surface area (Å²) in [6.45, 7) is 2.33. The highest BCUT2D eigenvalue weighted by atomic mass is 35.5. The number of aromatic nitrogens is 2. The first-order valence-electron chi connectivity index (χ1n) is 16.8. The number of rotatable bonds is 8. The van der Waals surface area contributed by atoms with Crippen LogP contribution in [0.4, 0.5) is 37.7 Å². The zero-order chi connectivity index (χ0) is 42.1. The molecule has 0 aliphatic carbocycles. The quantitative estimate of drug-likeness (QED) is 0.0941. The fourth-order valence-electron chi connectivity index (χ4n) is 5.40. The van der Waals surface area contributed by atoms with Crippen molar-refractivity contribution in [2.24, 2.45) is 0 Å². The molecule has 324 valence electrons.